The van der Waals surface area contributed by atoms with Gasteiger partial charge in [0.25, 0.3) is 0 Å². The zero-order chi connectivity index (χ0) is 57.6. The van der Waals surface area contributed by atoms with E-state index in [4.69, 9.17) is 0 Å². The summed E-state index contributed by atoms with van der Waals surface area (Å²) in [5, 5.41) is 49.4. The number of thioether (sulfide) groups is 4. The number of rotatable bonds is 12. The molecule has 0 aliphatic heterocycles. The van der Waals surface area contributed by atoms with Gasteiger partial charge in [-0.3, -0.25) is 19.2 Å². The van der Waals surface area contributed by atoms with Gasteiger partial charge in [-0.2, -0.15) is 0 Å². The molecule has 8 aromatic rings. The van der Waals surface area contributed by atoms with Gasteiger partial charge >= 0.3 is 23.9 Å². The molecule has 0 aromatic heterocycles. The molecule has 0 saturated heterocycles. The van der Waals surface area contributed by atoms with E-state index < -0.39 is 23.9 Å². The van der Waals surface area contributed by atoms with Gasteiger partial charge in [0.05, 0.1) is 23.7 Å². The van der Waals surface area contributed by atoms with Gasteiger partial charge < -0.3 is 20.4 Å². The molecule has 8 bridgehead atoms. The molecule has 8 aliphatic carbocycles. The number of hydrogen-bond acceptors (Lipinski definition) is 8. The summed E-state index contributed by atoms with van der Waals surface area (Å²) in [6.45, 7) is 0. The first kappa shape index (κ1) is 60.1. The number of carbonyl (C=O) groups is 4. The molecule has 16 unspecified atom stereocenters. The van der Waals surface area contributed by atoms with Crippen molar-refractivity contribution in [3.63, 3.8) is 0 Å². The van der Waals surface area contributed by atoms with E-state index in [0.717, 1.165) is 51.4 Å². The van der Waals surface area contributed by atoms with E-state index in [1.54, 1.807) is 0 Å². The molecule has 85 heavy (non-hydrogen) atoms. The minimum Gasteiger partial charge on any atom is -0.481 e. The maximum atomic E-state index is 11.4. The molecule has 436 valence electrons. The Bertz CT molecular complexity index is 3280. The Morgan fingerprint density at radius 1 is 0.271 bits per heavy atom. The van der Waals surface area contributed by atoms with Gasteiger partial charge in [0.1, 0.15) is 0 Å². The SMILES string of the molecule is O=C(O)C1CC2CC(Sc3ccc4ccccc4c3)C1C2.O=C(O)C1CC2CC(Sc3ccc4ccccc4c3)C1C2.O=C(O)C1CC2CC(Sc3ccc4ccccc4c3)C1C2.O=C(O)C1CC2CC(Sc3ccc4ccccc4c3)C1C2.[Ti]. The fourth-order valence-corrected chi connectivity index (χ4v) is 22.6. The second-order valence-corrected chi connectivity index (χ2v) is 30.6. The first-order valence-corrected chi connectivity index (χ1v) is 33.9. The Balaban J connectivity index is 0.000000111. The Hall–Kier alpha value is -5.21. The molecule has 16 rings (SSSR count). The summed E-state index contributed by atoms with van der Waals surface area (Å²) in [7, 11) is 0. The van der Waals surface area contributed by atoms with Crippen LogP contribution in [0.3, 0.4) is 0 Å². The second kappa shape index (κ2) is 26.2. The number of benzene rings is 8. The van der Waals surface area contributed by atoms with E-state index in [1.807, 2.05) is 47.0 Å². The monoisotopic (exact) mass is 1240 g/mol. The number of carboxylic acid groups (broad SMARTS) is 4. The van der Waals surface area contributed by atoms with Crippen molar-refractivity contribution in [1.29, 1.82) is 0 Å². The third kappa shape index (κ3) is 13.3. The van der Waals surface area contributed by atoms with Crippen LogP contribution >= 0.6 is 47.0 Å². The second-order valence-electron chi connectivity index (χ2n) is 25.4. The van der Waals surface area contributed by atoms with Gasteiger partial charge in [0.2, 0.25) is 0 Å². The fourth-order valence-electron chi connectivity index (χ4n) is 16.5. The molecule has 0 amide bonds. The van der Waals surface area contributed by atoms with Crippen LogP contribution in [0, 0.1) is 71.0 Å². The van der Waals surface area contributed by atoms with Gasteiger partial charge in [0.15, 0.2) is 0 Å². The predicted octanol–water partition coefficient (Wildman–Crippen LogP) is 17.7. The van der Waals surface area contributed by atoms with Gasteiger partial charge in [0, 0.05) is 62.3 Å². The van der Waals surface area contributed by atoms with Crippen LogP contribution in [0.5, 0.6) is 0 Å². The van der Waals surface area contributed by atoms with Crippen molar-refractivity contribution in [2.75, 3.05) is 0 Å². The van der Waals surface area contributed by atoms with Crippen LogP contribution in [0.1, 0.15) is 77.0 Å². The molecule has 4 N–H and O–H groups in total. The van der Waals surface area contributed by atoms with Crippen molar-refractivity contribution in [3.8, 4) is 0 Å². The predicted molar refractivity (Wildman–Crippen MR) is 342 cm³/mol. The maximum Gasteiger partial charge on any atom is 0.306 e. The molecular formula is C72H72O8S4Ti. The van der Waals surface area contributed by atoms with E-state index in [9.17, 15) is 39.6 Å². The Morgan fingerprint density at radius 3 is 0.659 bits per heavy atom. The van der Waals surface area contributed by atoms with E-state index in [1.165, 1.54) is 88.4 Å². The van der Waals surface area contributed by atoms with Crippen LogP contribution < -0.4 is 0 Å². The molecule has 0 radical (unpaired) electrons. The van der Waals surface area contributed by atoms with Crippen molar-refractivity contribution in [2.24, 2.45) is 71.0 Å². The molecular weight excluding hydrogens is 1170 g/mol. The van der Waals surface area contributed by atoms with Crippen LogP contribution in [0.4, 0.5) is 0 Å². The summed E-state index contributed by atoms with van der Waals surface area (Å²) in [6, 6.07) is 59.9. The van der Waals surface area contributed by atoms with Gasteiger partial charge in [-0.1, -0.05) is 121 Å². The van der Waals surface area contributed by atoms with Crippen molar-refractivity contribution in [2.45, 2.75) is 118 Å². The fraction of sp³-hybridized carbons (Fsp3) is 0.389. The molecule has 8 saturated carbocycles. The van der Waals surface area contributed by atoms with Crippen molar-refractivity contribution in [1.82, 2.24) is 0 Å². The third-order valence-corrected chi connectivity index (χ3v) is 25.8. The van der Waals surface area contributed by atoms with Crippen LogP contribution in [0.2, 0.25) is 0 Å². The van der Waals surface area contributed by atoms with Crippen molar-refractivity contribution >= 4 is 114 Å². The summed E-state index contributed by atoms with van der Waals surface area (Å²) >= 11 is 7.55. The normalized spacial score (nSPS) is 30.5. The number of fused-ring (bicyclic) bond motifs is 12. The molecule has 16 atom stereocenters. The number of hydrogen-bond donors (Lipinski definition) is 4. The van der Waals surface area contributed by atoms with Crippen molar-refractivity contribution in [3.05, 3.63) is 170 Å². The van der Waals surface area contributed by atoms with Gasteiger partial charge in [-0.05, 0) is 216 Å². The quantitative estimate of drug-likeness (QED) is 0.0863. The van der Waals surface area contributed by atoms with Crippen LogP contribution in [-0.4, -0.2) is 65.3 Å². The van der Waals surface area contributed by atoms with E-state index in [-0.39, 0.29) is 45.4 Å². The van der Waals surface area contributed by atoms with Gasteiger partial charge in [-0.25, -0.2) is 0 Å². The molecule has 8 nitrogen and oxygen atoms in total. The van der Waals surface area contributed by atoms with Crippen LogP contribution in [-0.2, 0) is 40.9 Å². The van der Waals surface area contributed by atoms with Gasteiger partial charge in [-0.15, -0.1) is 47.0 Å². The maximum absolute atomic E-state index is 11.4. The number of carboxylic acids is 4. The topological polar surface area (TPSA) is 149 Å². The zero-order valence-electron chi connectivity index (χ0n) is 47.4. The summed E-state index contributed by atoms with van der Waals surface area (Å²) in [5.41, 5.74) is 0. The zero-order valence-corrected chi connectivity index (χ0v) is 52.3. The Kier molecular flexibility index (Phi) is 18.6. The molecule has 13 heteroatoms. The molecule has 0 heterocycles. The summed E-state index contributed by atoms with van der Waals surface area (Å²) in [4.78, 5) is 50.5. The average molecular weight is 1240 g/mol. The molecule has 0 spiro atoms. The first-order valence-electron chi connectivity index (χ1n) is 30.4. The summed E-state index contributed by atoms with van der Waals surface area (Å²) in [6.07, 6.45) is 12.8. The standard InChI is InChI=1S/4C18H18O2S.Ti/c4*19-18(20)16-8-11-7-15(16)17(9-11)21-14-6-5-12-3-1-2-4-13(12)10-14;/h4*1-6,10-11,15-17H,7-9H2,(H,19,20);. The summed E-state index contributed by atoms with van der Waals surface area (Å²) < 4.78 is 0. The number of aliphatic carboxylic acids is 4. The smallest absolute Gasteiger partial charge is 0.306 e. The minimum atomic E-state index is -0.591. The molecule has 8 aliphatic rings. The minimum absolute atomic E-state index is 0. The van der Waals surface area contributed by atoms with E-state index >= 15 is 0 Å². The van der Waals surface area contributed by atoms with E-state index in [2.05, 4.69) is 170 Å². The molecule has 8 fully saturated rings. The van der Waals surface area contributed by atoms with Crippen molar-refractivity contribution < 1.29 is 61.3 Å². The Morgan fingerprint density at radius 2 is 0.471 bits per heavy atom. The van der Waals surface area contributed by atoms with E-state index in [0.29, 0.717) is 68.3 Å². The van der Waals surface area contributed by atoms with Crippen LogP contribution in [0.25, 0.3) is 43.1 Å². The largest absolute Gasteiger partial charge is 0.481 e. The molecule has 8 aromatic carbocycles. The third-order valence-electron chi connectivity index (χ3n) is 20.3. The average Bonchev–Trinajstić information content (AvgIpc) is 3.91. The Labute approximate surface area is 529 Å². The van der Waals surface area contributed by atoms with Crippen LogP contribution in [0.15, 0.2) is 189 Å². The first-order chi connectivity index (χ1) is 40.8. The summed E-state index contributed by atoms with van der Waals surface area (Å²) in [5.74, 6) is 1.19.